The molecule has 2 bridgehead atoms. The van der Waals surface area contributed by atoms with Gasteiger partial charge >= 0.3 is 0 Å². The Bertz CT molecular complexity index is 450. The van der Waals surface area contributed by atoms with Crippen LogP contribution in [0.25, 0.3) is 0 Å². The fourth-order valence-corrected chi connectivity index (χ4v) is 3.34. The van der Waals surface area contributed by atoms with Crippen LogP contribution in [0.1, 0.15) is 24.3 Å². The van der Waals surface area contributed by atoms with Crippen molar-refractivity contribution in [3.05, 3.63) is 35.9 Å². The first-order valence-corrected chi connectivity index (χ1v) is 6.22. The highest BCUT2D eigenvalue weighted by molar-refractivity contribution is 5.49. The maximum absolute atomic E-state index is 5.54. The van der Waals surface area contributed by atoms with Gasteiger partial charge in [0.05, 0.1) is 14.2 Å². The molecule has 1 saturated carbocycles. The molecule has 3 rings (SSSR count). The normalized spacial score (nSPS) is 29.6. The average Bonchev–Trinajstić information content (AvgIpc) is 2.99. The minimum Gasteiger partial charge on any atom is -0.493 e. The van der Waals surface area contributed by atoms with Crippen molar-refractivity contribution in [2.75, 3.05) is 14.2 Å². The Balaban J connectivity index is 2.00. The Morgan fingerprint density at radius 2 is 1.94 bits per heavy atom. The molecule has 1 fully saturated rings. The summed E-state index contributed by atoms with van der Waals surface area (Å²) in [6, 6.07) is 6.21. The van der Waals surface area contributed by atoms with Crippen LogP contribution in [0.15, 0.2) is 30.4 Å². The van der Waals surface area contributed by atoms with E-state index in [-0.39, 0.29) is 0 Å². The van der Waals surface area contributed by atoms with E-state index < -0.39 is 0 Å². The highest BCUT2D eigenvalue weighted by Crippen LogP contribution is 2.51. The number of rotatable bonds is 3. The van der Waals surface area contributed by atoms with Gasteiger partial charge in [-0.2, -0.15) is 0 Å². The van der Waals surface area contributed by atoms with Gasteiger partial charge in [0.1, 0.15) is 0 Å². The summed E-state index contributed by atoms with van der Waals surface area (Å²) in [6.45, 7) is 0. The molecule has 0 radical (unpaired) electrons. The maximum atomic E-state index is 5.54. The van der Waals surface area contributed by atoms with E-state index in [4.69, 9.17) is 9.47 Å². The van der Waals surface area contributed by atoms with Crippen molar-refractivity contribution in [3.63, 3.8) is 0 Å². The average molecular weight is 230 g/mol. The fourth-order valence-electron chi connectivity index (χ4n) is 3.34. The minimum atomic E-state index is 0.607. The summed E-state index contributed by atoms with van der Waals surface area (Å²) < 4.78 is 10.9. The van der Waals surface area contributed by atoms with Gasteiger partial charge in [0.15, 0.2) is 11.5 Å². The van der Waals surface area contributed by atoms with Crippen LogP contribution in [-0.2, 0) is 0 Å². The van der Waals surface area contributed by atoms with Crippen LogP contribution in [0.4, 0.5) is 0 Å². The van der Waals surface area contributed by atoms with Crippen molar-refractivity contribution in [3.8, 4) is 11.5 Å². The summed E-state index contributed by atoms with van der Waals surface area (Å²) in [5.74, 6) is 3.84. The van der Waals surface area contributed by atoms with Gasteiger partial charge < -0.3 is 9.47 Å². The van der Waals surface area contributed by atoms with E-state index in [2.05, 4.69) is 24.3 Å². The molecule has 0 aromatic heterocycles. The highest BCUT2D eigenvalue weighted by Gasteiger charge is 2.38. The van der Waals surface area contributed by atoms with Crippen LogP contribution < -0.4 is 9.47 Å². The number of allylic oxidation sites excluding steroid dienone is 2. The summed E-state index contributed by atoms with van der Waals surface area (Å²) in [6.07, 6.45) is 7.31. The van der Waals surface area contributed by atoms with Gasteiger partial charge in [-0.15, -0.1) is 0 Å². The van der Waals surface area contributed by atoms with Crippen molar-refractivity contribution in [1.29, 1.82) is 0 Å². The molecule has 0 spiro atoms. The Morgan fingerprint density at radius 1 is 1.06 bits per heavy atom. The first kappa shape index (κ1) is 10.7. The van der Waals surface area contributed by atoms with Crippen molar-refractivity contribution in [1.82, 2.24) is 0 Å². The number of methoxy groups -OCH3 is 2. The summed E-state index contributed by atoms with van der Waals surface area (Å²) in [4.78, 5) is 0. The van der Waals surface area contributed by atoms with Crippen molar-refractivity contribution >= 4 is 0 Å². The smallest absolute Gasteiger partial charge is 0.164 e. The molecule has 2 nitrogen and oxygen atoms in total. The molecule has 2 aliphatic carbocycles. The fraction of sp³-hybridized carbons (Fsp3) is 0.467. The molecule has 3 atom stereocenters. The topological polar surface area (TPSA) is 18.5 Å². The zero-order valence-corrected chi connectivity index (χ0v) is 10.3. The lowest BCUT2D eigenvalue weighted by molar-refractivity contribution is 0.347. The molecular formula is C15H18O2. The van der Waals surface area contributed by atoms with Gasteiger partial charge in [0, 0.05) is 5.56 Å². The molecule has 0 amide bonds. The SMILES string of the molecule is COc1cccc(C2CC3C=CC2C3)c1OC. The van der Waals surface area contributed by atoms with Gasteiger partial charge in [-0.1, -0.05) is 24.3 Å². The van der Waals surface area contributed by atoms with Crippen molar-refractivity contribution in [2.24, 2.45) is 11.8 Å². The summed E-state index contributed by atoms with van der Waals surface area (Å²) in [5, 5.41) is 0. The summed E-state index contributed by atoms with van der Waals surface area (Å²) in [7, 11) is 3.42. The Labute approximate surface area is 102 Å². The third kappa shape index (κ3) is 1.63. The van der Waals surface area contributed by atoms with Gasteiger partial charge in [-0.3, -0.25) is 0 Å². The largest absolute Gasteiger partial charge is 0.493 e. The van der Waals surface area contributed by atoms with E-state index >= 15 is 0 Å². The van der Waals surface area contributed by atoms with Gasteiger partial charge in [-0.25, -0.2) is 0 Å². The van der Waals surface area contributed by atoms with Crippen molar-refractivity contribution in [2.45, 2.75) is 18.8 Å². The van der Waals surface area contributed by atoms with Crippen LogP contribution in [0, 0.1) is 11.8 Å². The second kappa shape index (κ2) is 4.10. The summed E-state index contributed by atoms with van der Waals surface area (Å²) in [5.41, 5.74) is 1.31. The number of ether oxygens (including phenoxy) is 2. The molecular weight excluding hydrogens is 212 g/mol. The molecule has 2 heteroatoms. The Kier molecular flexibility index (Phi) is 2.58. The van der Waals surface area contributed by atoms with E-state index in [0.717, 1.165) is 17.4 Å². The lowest BCUT2D eigenvalue weighted by Gasteiger charge is -2.22. The first-order valence-electron chi connectivity index (χ1n) is 6.22. The van der Waals surface area contributed by atoms with E-state index in [0.29, 0.717) is 11.8 Å². The van der Waals surface area contributed by atoms with Crippen LogP contribution >= 0.6 is 0 Å². The second-order valence-electron chi connectivity index (χ2n) is 4.97. The number of hydrogen-bond acceptors (Lipinski definition) is 2. The van der Waals surface area contributed by atoms with Gasteiger partial charge in [0.2, 0.25) is 0 Å². The molecule has 1 aromatic carbocycles. The molecule has 0 N–H and O–H groups in total. The Morgan fingerprint density at radius 3 is 2.53 bits per heavy atom. The number of benzene rings is 1. The molecule has 2 aliphatic rings. The highest BCUT2D eigenvalue weighted by atomic mass is 16.5. The maximum Gasteiger partial charge on any atom is 0.164 e. The lowest BCUT2D eigenvalue weighted by atomic mass is 9.86. The second-order valence-corrected chi connectivity index (χ2v) is 4.97. The Hall–Kier alpha value is -1.44. The quantitative estimate of drug-likeness (QED) is 0.741. The van der Waals surface area contributed by atoms with E-state index in [9.17, 15) is 0 Å². The van der Waals surface area contributed by atoms with E-state index in [1.807, 2.05) is 6.07 Å². The van der Waals surface area contributed by atoms with Crippen molar-refractivity contribution < 1.29 is 9.47 Å². The van der Waals surface area contributed by atoms with Crippen LogP contribution in [0.2, 0.25) is 0 Å². The molecule has 0 aliphatic heterocycles. The zero-order chi connectivity index (χ0) is 11.8. The number of fused-ring (bicyclic) bond motifs is 2. The van der Waals surface area contributed by atoms with Crippen LogP contribution in [0.3, 0.4) is 0 Å². The predicted molar refractivity (Wildman–Crippen MR) is 67.6 cm³/mol. The lowest BCUT2D eigenvalue weighted by Crippen LogP contribution is -2.07. The van der Waals surface area contributed by atoms with Crippen LogP contribution in [-0.4, -0.2) is 14.2 Å². The van der Waals surface area contributed by atoms with Crippen LogP contribution in [0.5, 0.6) is 11.5 Å². The molecule has 0 saturated heterocycles. The van der Waals surface area contributed by atoms with E-state index in [1.54, 1.807) is 14.2 Å². The van der Waals surface area contributed by atoms with Gasteiger partial charge in [-0.05, 0) is 36.7 Å². The zero-order valence-electron chi connectivity index (χ0n) is 10.3. The minimum absolute atomic E-state index is 0.607. The third-order valence-corrected chi connectivity index (χ3v) is 4.11. The van der Waals surface area contributed by atoms with E-state index in [1.165, 1.54) is 18.4 Å². The molecule has 3 unspecified atom stereocenters. The molecule has 0 heterocycles. The third-order valence-electron chi connectivity index (χ3n) is 4.11. The molecule has 1 aromatic rings. The van der Waals surface area contributed by atoms with Gasteiger partial charge in [0.25, 0.3) is 0 Å². The first-order chi connectivity index (χ1) is 8.33. The number of hydrogen-bond donors (Lipinski definition) is 0. The molecule has 17 heavy (non-hydrogen) atoms. The summed E-state index contributed by atoms with van der Waals surface area (Å²) >= 11 is 0. The molecule has 90 valence electrons. The number of para-hydroxylation sites is 1. The predicted octanol–water partition coefficient (Wildman–Crippen LogP) is 3.38. The standard InChI is InChI=1S/C15H18O2/c1-16-14-5-3-4-12(15(14)17-2)13-9-10-6-7-11(13)8-10/h3-7,10-11,13H,8-9H2,1-2H3. The monoisotopic (exact) mass is 230 g/mol.